The molecule has 2 aliphatic heterocycles. The standard InChI is InChI=1S/C25H35N3O2.HI/c1-26-25(27-15-12-21-9-6-8-20-7-2-3-11-24(20)21)28-16-13-22(14-17-28)30-19-23-10-4-5-18-29-23;/h2-3,6-9,11,22-23H,4-5,10,12-19H2,1H3,(H,26,27);1H. The molecule has 2 heterocycles. The molecule has 31 heavy (non-hydrogen) atoms. The molecule has 2 saturated heterocycles. The van der Waals surface area contributed by atoms with Gasteiger partial charge >= 0.3 is 0 Å². The molecule has 2 aromatic carbocycles. The monoisotopic (exact) mass is 537 g/mol. The number of guanidine groups is 1. The maximum absolute atomic E-state index is 6.15. The van der Waals surface area contributed by atoms with Gasteiger partial charge in [-0.25, -0.2) is 0 Å². The molecule has 0 aliphatic carbocycles. The third-order valence-electron chi connectivity index (χ3n) is 6.30. The Labute approximate surface area is 203 Å². The van der Waals surface area contributed by atoms with Crippen LogP contribution in [0, 0.1) is 0 Å². The SMILES string of the molecule is CN=C(NCCc1cccc2ccccc12)N1CCC(OCC2CCCCO2)CC1.I. The fourth-order valence-corrected chi connectivity index (χ4v) is 4.57. The van der Waals surface area contributed by atoms with E-state index < -0.39 is 0 Å². The summed E-state index contributed by atoms with van der Waals surface area (Å²) in [5.41, 5.74) is 1.38. The molecule has 2 aromatic rings. The van der Waals surface area contributed by atoms with Crippen LogP contribution in [-0.4, -0.2) is 63.0 Å². The molecule has 0 amide bonds. The zero-order valence-electron chi connectivity index (χ0n) is 18.6. The van der Waals surface area contributed by atoms with E-state index in [4.69, 9.17) is 9.47 Å². The van der Waals surface area contributed by atoms with E-state index in [0.29, 0.717) is 12.2 Å². The van der Waals surface area contributed by atoms with E-state index in [1.807, 2.05) is 7.05 Å². The third-order valence-corrected chi connectivity index (χ3v) is 6.30. The molecule has 0 spiro atoms. The minimum absolute atomic E-state index is 0. The van der Waals surface area contributed by atoms with Gasteiger partial charge in [0, 0.05) is 33.3 Å². The normalized spacial score (nSPS) is 20.5. The van der Waals surface area contributed by atoms with Gasteiger partial charge < -0.3 is 19.7 Å². The third kappa shape index (κ3) is 6.80. The van der Waals surface area contributed by atoms with Crippen LogP contribution in [0.3, 0.4) is 0 Å². The molecule has 2 fully saturated rings. The highest BCUT2D eigenvalue weighted by molar-refractivity contribution is 14.0. The molecule has 0 bridgehead atoms. The number of hydrogen-bond acceptors (Lipinski definition) is 3. The van der Waals surface area contributed by atoms with E-state index in [2.05, 4.69) is 57.7 Å². The van der Waals surface area contributed by atoms with Crippen molar-refractivity contribution >= 4 is 40.7 Å². The van der Waals surface area contributed by atoms with Gasteiger partial charge in [0.15, 0.2) is 5.96 Å². The van der Waals surface area contributed by atoms with Crippen molar-refractivity contribution in [3.05, 3.63) is 48.0 Å². The number of hydrogen-bond donors (Lipinski definition) is 1. The van der Waals surface area contributed by atoms with Gasteiger partial charge in [0.05, 0.1) is 18.8 Å². The zero-order valence-corrected chi connectivity index (χ0v) is 20.9. The first-order valence-corrected chi connectivity index (χ1v) is 11.5. The summed E-state index contributed by atoms with van der Waals surface area (Å²) in [4.78, 5) is 6.88. The van der Waals surface area contributed by atoms with Crippen LogP contribution in [0.25, 0.3) is 10.8 Å². The maximum atomic E-state index is 6.15. The summed E-state index contributed by atoms with van der Waals surface area (Å²) in [6.07, 6.45) is 7.36. The van der Waals surface area contributed by atoms with Crippen LogP contribution in [0.1, 0.15) is 37.7 Å². The Bertz CT molecular complexity index is 825. The average Bonchev–Trinajstić information content (AvgIpc) is 2.82. The Morgan fingerprint density at radius 1 is 1.10 bits per heavy atom. The number of nitrogens with one attached hydrogen (secondary N) is 1. The summed E-state index contributed by atoms with van der Waals surface area (Å²) in [6, 6.07) is 15.2. The molecule has 0 saturated carbocycles. The minimum Gasteiger partial charge on any atom is -0.376 e. The van der Waals surface area contributed by atoms with E-state index in [-0.39, 0.29) is 24.0 Å². The summed E-state index contributed by atoms with van der Waals surface area (Å²) in [7, 11) is 1.88. The molecule has 5 nitrogen and oxygen atoms in total. The molecule has 4 rings (SSSR count). The summed E-state index contributed by atoms with van der Waals surface area (Å²) in [5.74, 6) is 1.00. The highest BCUT2D eigenvalue weighted by Gasteiger charge is 2.23. The Hall–Kier alpha value is -1.38. The molecule has 0 aromatic heterocycles. The van der Waals surface area contributed by atoms with E-state index in [0.717, 1.165) is 64.5 Å². The molecule has 0 radical (unpaired) electrons. The molecule has 2 aliphatic rings. The van der Waals surface area contributed by atoms with Crippen molar-refractivity contribution in [3.63, 3.8) is 0 Å². The second kappa shape index (κ2) is 12.6. The fourth-order valence-electron chi connectivity index (χ4n) is 4.57. The Balaban J connectivity index is 0.00000272. The number of ether oxygens (including phenoxy) is 2. The molecule has 1 atom stereocenters. The van der Waals surface area contributed by atoms with Crippen LogP contribution >= 0.6 is 24.0 Å². The predicted octanol–water partition coefficient (Wildman–Crippen LogP) is 4.63. The Morgan fingerprint density at radius 2 is 1.90 bits per heavy atom. The largest absolute Gasteiger partial charge is 0.376 e. The fraction of sp³-hybridized carbons (Fsp3) is 0.560. The van der Waals surface area contributed by atoms with Crippen LogP contribution in [0.5, 0.6) is 0 Å². The van der Waals surface area contributed by atoms with E-state index >= 15 is 0 Å². The van der Waals surface area contributed by atoms with Crippen molar-refractivity contribution in [2.75, 3.05) is 39.9 Å². The van der Waals surface area contributed by atoms with Crippen molar-refractivity contribution in [1.82, 2.24) is 10.2 Å². The average molecular weight is 537 g/mol. The van der Waals surface area contributed by atoms with Gasteiger partial charge in [0.2, 0.25) is 0 Å². The predicted molar refractivity (Wildman–Crippen MR) is 139 cm³/mol. The lowest BCUT2D eigenvalue weighted by atomic mass is 10.0. The first kappa shape index (κ1) is 24.3. The van der Waals surface area contributed by atoms with Crippen LogP contribution in [-0.2, 0) is 15.9 Å². The van der Waals surface area contributed by atoms with Crippen molar-refractivity contribution in [2.45, 2.75) is 50.7 Å². The number of halogens is 1. The molecular formula is C25H36IN3O2. The molecule has 1 N–H and O–H groups in total. The quantitative estimate of drug-likeness (QED) is 0.332. The number of benzene rings is 2. The Morgan fingerprint density at radius 3 is 2.68 bits per heavy atom. The number of piperidine rings is 1. The van der Waals surface area contributed by atoms with Crippen LogP contribution in [0.4, 0.5) is 0 Å². The first-order valence-electron chi connectivity index (χ1n) is 11.5. The van der Waals surface area contributed by atoms with Gasteiger partial charge in [-0.05, 0) is 54.9 Å². The molecule has 1 unspecified atom stereocenters. The van der Waals surface area contributed by atoms with Crippen LogP contribution < -0.4 is 5.32 Å². The minimum atomic E-state index is 0. The highest BCUT2D eigenvalue weighted by Crippen LogP contribution is 2.19. The van der Waals surface area contributed by atoms with Crippen molar-refractivity contribution in [1.29, 1.82) is 0 Å². The number of rotatable bonds is 6. The Kier molecular flexibility index (Phi) is 9.87. The summed E-state index contributed by atoms with van der Waals surface area (Å²) in [5, 5.41) is 6.22. The van der Waals surface area contributed by atoms with Crippen molar-refractivity contribution < 1.29 is 9.47 Å². The van der Waals surface area contributed by atoms with Gasteiger partial charge in [0.1, 0.15) is 0 Å². The van der Waals surface area contributed by atoms with E-state index in [1.54, 1.807) is 0 Å². The van der Waals surface area contributed by atoms with Gasteiger partial charge in [-0.15, -0.1) is 24.0 Å². The number of nitrogens with zero attached hydrogens (tertiary/aromatic N) is 2. The van der Waals surface area contributed by atoms with Gasteiger partial charge in [-0.2, -0.15) is 0 Å². The number of likely N-dealkylation sites (tertiary alicyclic amines) is 1. The van der Waals surface area contributed by atoms with Crippen LogP contribution in [0.2, 0.25) is 0 Å². The molecular weight excluding hydrogens is 501 g/mol. The topological polar surface area (TPSA) is 46.1 Å². The maximum Gasteiger partial charge on any atom is 0.193 e. The summed E-state index contributed by atoms with van der Waals surface area (Å²) < 4.78 is 11.9. The first-order chi connectivity index (χ1) is 14.8. The van der Waals surface area contributed by atoms with Gasteiger partial charge in [-0.1, -0.05) is 42.5 Å². The summed E-state index contributed by atoms with van der Waals surface area (Å²) >= 11 is 0. The van der Waals surface area contributed by atoms with Crippen molar-refractivity contribution in [3.8, 4) is 0 Å². The molecule has 170 valence electrons. The number of fused-ring (bicyclic) bond motifs is 1. The van der Waals surface area contributed by atoms with E-state index in [1.165, 1.54) is 29.2 Å². The second-order valence-corrected chi connectivity index (χ2v) is 8.37. The highest BCUT2D eigenvalue weighted by atomic mass is 127. The van der Waals surface area contributed by atoms with E-state index in [9.17, 15) is 0 Å². The van der Waals surface area contributed by atoms with Gasteiger partial charge in [-0.3, -0.25) is 4.99 Å². The zero-order chi connectivity index (χ0) is 20.6. The second-order valence-electron chi connectivity index (χ2n) is 8.37. The lowest BCUT2D eigenvalue weighted by Crippen LogP contribution is -2.47. The lowest BCUT2D eigenvalue weighted by Gasteiger charge is -2.35. The number of aliphatic imine (C=N–C) groups is 1. The smallest absolute Gasteiger partial charge is 0.193 e. The summed E-state index contributed by atoms with van der Waals surface area (Å²) in [6.45, 7) is 4.51. The lowest BCUT2D eigenvalue weighted by molar-refractivity contribution is -0.0721. The van der Waals surface area contributed by atoms with Crippen molar-refractivity contribution in [2.24, 2.45) is 4.99 Å². The van der Waals surface area contributed by atoms with Gasteiger partial charge in [0.25, 0.3) is 0 Å². The molecule has 6 heteroatoms. The van der Waals surface area contributed by atoms with Crippen LogP contribution in [0.15, 0.2) is 47.5 Å².